The number of aliphatic hydroxyl groups is 1. The summed E-state index contributed by atoms with van der Waals surface area (Å²) in [5, 5.41) is 9.60. The third-order valence-corrected chi connectivity index (χ3v) is 1.53. The third-order valence-electron chi connectivity index (χ3n) is 1.53. The fourth-order valence-corrected chi connectivity index (χ4v) is 1.29. The molecular weight excluding hydrogens is 126 g/mol. The van der Waals surface area contributed by atoms with E-state index >= 15 is 0 Å². The molecule has 0 radical (unpaired) electrons. The Labute approximate surface area is 63.4 Å². The molecule has 0 aromatic rings. The molecule has 0 spiro atoms. The van der Waals surface area contributed by atoms with Gasteiger partial charge in [0.25, 0.3) is 0 Å². The van der Waals surface area contributed by atoms with Crippen molar-refractivity contribution in [3.8, 4) is 0 Å². The van der Waals surface area contributed by atoms with E-state index < -0.39 is 5.60 Å². The van der Waals surface area contributed by atoms with Crippen LogP contribution in [0.25, 0.3) is 0 Å². The average Bonchev–Trinajstić information content (AvgIpc) is 1.59. The predicted molar refractivity (Wildman–Crippen MR) is 43.8 cm³/mol. The van der Waals surface area contributed by atoms with E-state index in [0.717, 1.165) is 6.42 Å². The minimum absolute atomic E-state index is 0.543. The van der Waals surface area contributed by atoms with Crippen LogP contribution in [-0.2, 0) is 0 Å². The molecule has 0 aromatic carbocycles. The van der Waals surface area contributed by atoms with Gasteiger partial charge in [-0.15, -0.1) is 0 Å². The third kappa shape index (κ3) is 4.77. The van der Waals surface area contributed by atoms with Crippen molar-refractivity contribution in [2.24, 2.45) is 11.7 Å². The maximum atomic E-state index is 9.60. The van der Waals surface area contributed by atoms with Crippen molar-refractivity contribution in [2.75, 3.05) is 6.54 Å². The highest BCUT2D eigenvalue weighted by molar-refractivity contribution is 4.73. The fraction of sp³-hybridized carbons (Fsp3) is 1.00. The fourth-order valence-electron chi connectivity index (χ4n) is 1.29. The molecule has 0 rings (SSSR count). The van der Waals surface area contributed by atoms with E-state index in [1.807, 2.05) is 6.92 Å². The largest absolute Gasteiger partial charge is 0.390 e. The summed E-state index contributed by atoms with van der Waals surface area (Å²) < 4.78 is 0. The van der Waals surface area contributed by atoms with Gasteiger partial charge in [-0.2, -0.15) is 0 Å². The van der Waals surface area contributed by atoms with Crippen molar-refractivity contribution in [2.45, 2.75) is 39.2 Å². The maximum absolute atomic E-state index is 9.60. The van der Waals surface area contributed by atoms with Crippen LogP contribution in [0.4, 0.5) is 0 Å². The first-order chi connectivity index (χ1) is 4.48. The molecule has 0 saturated heterocycles. The minimum atomic E-state index is -0.553. The van der Waals surface area contributed by atoms with E-state index in [2.05, 4.69) is 13.8 Å². The highest BCUT2D eigenvalue weighted by Crippen LogP contribution is 2.18. The summed E-state index contributed by atoms with van der Waals surface area (Å²) in [5.41, 5.74) is 4.78. The Balaban J connectivity index is 3.63. The van der Waals surface area contributed by atoms with E-state index in [0.29, 0.717) is 18.9 Å². The Bertz CT molecular complexity index is 89.3. The molecule has 2 nitrogen and oxygen atoms in total. The van der Waals surface area contributed by atoms with Crippen LogP contribution in [0.1, 0.15) is 33.6 Å². The summed E-state index contributed by atoms with van der Waals surface area (Å²) in [5.74, 6) is 0.543. The van der Waals surface area contributed by atoms with Crippen LogP contribution in [0, 0.1) is 5.92 Å². The number of rotatable bonds is 4. The van der Waals surface area contributed by atoms with Crippen LogP contribution in [0.3, 0.4) is 0 Å². The first-order valence-corrected chi connectivity index (χ1v) is 3.90. The lowest BCUT2D eigenvalue weighted by molar-refractivity contribution is 0.0324. The lowest BCUT2D eigenvalue weighted by Crippen LogP contribution is -2.29. The summed E-state index contributed by atoms with van der Waals surface area (Å²) in [6.45, 7) is 6.62. The van der Waals surface area contributed by atoms with Crippen LogP contribution in [-0.4, -0.2) is 17.3 Å². The number of nitrogens with two attached hydrogens (primary N) is 1. The Morgan fingerprint density at radius 2 is 2.00 bits per heavy atom. The summed E-state index contributed by atoms with van der Waals surface area (Å²) in [7, 11) is 0. The van der Waals surface area contributed by atoms with Gasteiger partial charge in [-0.3, -0.25) is 0 Å². The van der Waals surface area contributed by atoms with Crippen LogP contribution in [0.15, 0.2) is 0 Å². The smallest absolute Gasteiger partial charge is 0.0634 e. The molecule has 0 aromatic heterocycles. The van der Waals surface area contributed by atoms with E-state index in [1.54, 1.807) is 0 Å². The molecule has 0 aliphatic rings. The number of hydrogen-bond acceptors (Lipinski definition) is 2. The van der Waals surface area contributed by atoms with Gasteiger partial charge in [-0.1, -0.05) is 13.8 Å². The molecule has 0 heterocycles. The van der Waals surface area contributed by atoms with Crippen LogP contribution in [0.2, 0.25) is 0 Å². The zero-order valence-corrected chi connectivity index (χ0v) is 7.22. The molecule has 0 aliphatic carbocycles. The first-order valence-electron chi connectivity index (χ1n) is 3.90. The van der Waals surface area contributed by atoms with Gasteiger partial charge in [-0.25, -0.2) is 0 Å². The van der Waals surface area contributed by atoms with Gasteiger partial charge < -0.3 is 10.8 Å². The summed E-state index contributed by atoms with van der Waals surface area (Å²) >= 11 is 0. The van der Waals surface area contributed by atoms with Crippen molar-refractivity contribution in [3.63, 3.8) is 0 Å². The molecule has 0 aliphatic heterocycles. The molecule has 10 heavy (non-hydrogen) atoms. The molecule has 2 heteroatoms. The first kappa shape index (κ1) is 9.92. The molecule has 0 bridgehead atoms. The van der Waals surface area contributed by atoms with Crippen LogP contribution >= 0.6 is 0 Å². The monoisotopic (exact) mass is 145 g/mol. The summed E-state index contributed by atoms with van der Waals surface area (Å²) in [4.78, 5) is 0. The van der Waals surface area contributed by atoms with Crippen molar-refractivity contribution >= 4 is 0 Å². The molecule has 62 valence electrons. The summed E-state index contributed by atoms with van der Waals surface area (Å²) in [6, 6.07) is 0. The average molecular weight is 145 g/mol. The second kappa shape index (κ2) is 3.94. The van der Waals surface area contributed by atoms with Gasteiger partial charge in [0.1, 0.15) is 0 Å². The summed E-state index contributed by atoms with van der Waals surface area (Å²) in [6.07, 6.45) is 1.54. The molecule has 1 unspecified atom stereocenters. The second-order valence-electron chi connectivity index (χ2n) is 3.63. The van der Waals surface area contributed by atoms with Crippen molar-refractivity contribution in [1.82, 2.24) is 0 Å². The van der Waals surface area contributed by atoms with Gasteiger partial charge in [0, 0.05) is 0 Å². The topological polar surface area (TPSA) is 46.2 Å². The Hall–Kier alpha value is -0.0800. The van der Waals surface area contributed by atoms with Gasteiger partial charge in [0.15, 0.2) is 0 Å². The zero-order chi connectivity index (χ0) is 8.20. The molecule has 0 saturated carbocycles. The molecular formula is C8H19NO. The normalized spacial score (nSPS) is 17.4. The van der Waals surface area contributed by atoms with E-state index in [9.17, 15) is 5.11 Å². The van der Waals surface area contributed by atoms with Crippen molar-refractivity contribution < 1.29 is 5.11 Å². The molecule has 0 fully saturated rings. The van der Waals surface area contributed by atoms with Crippen molar-refractivity contribution in [3.05, 3.63) is 0 Å². The maximum Gasteiger partial charge on any atom is 0.0634 e. The Morgan fingerprint density at radius 1 is 1.50 bits per heavy atom. The minimum Gasteiger partial charge on any atom is -0.390 e. The van der Waals surface area contributed by atoms with Gasteiger partial charge in [0.05, 0.1) is 5.60 Å². The van der Waals surface area contributed by atoms with Gasteiger partial charge in [0.2, 0.25) is 0 Å². The lowest BCUT2D eigenvalue weighted by Gasteiger charge is -2.24. The van der Waals surface area contributed by atoms with Crippen LogP contribution in [0.5, 0.6) is 0 Å². The quantitative estimate of drug-likeness (QED) is 0.623. The van der Waals surface area contributed by atoms with E-state index in [1.165, 1.54) is 0 Å². The number of hydrogen-bond donors (Lipinski definition) is 2. The molecule has 3 N–H and O–H groups in total. The highest BCUT2D eigenvalue weighted by atomic mass is 16.3. The lowest BCUT2D eigenvalue weighted by atomic mass is 9.91. The van der Waals surface area contributed by atoms with Crippen LogP contribution < -0.4 is 5.73 Å². The van der Waals surface area contributed by atoms with E-state index in [4.69, 9.17) is 5.73 Å². The Morgan fingerprint density at radius 3 is 2.30 bits per heavy atom. The van der Waals surface area contributed by atoms with Gasteiger partial charge in [-0.05, 0) is 32.2 Å². The van der Waals surface area contributed by atoms with E-state index in [-0.39, 0.29) is 0 Å². The predicted octanol–water partition coefficient (Wildman–Crippen LogP) is 1.13. The SMILES string of the molecule is CC(C)CC(C)(O)CCN. The zero-order valence-electron chi connectivity index (χ0n) is 7.22. The highest BCUT2D eigenvalue weighted by Gasteiger charge is 2.19. The Kier molecular flexibility index (Phi) is 3.91. The second-order valence-corrected chi connectivity index (χ2v) is 3.63. The molecule has 0 amide bonds. The molecule has 1 atom stereocenters. The standard InChI is InChI=1S/C8H19NO/c1-7(2)6-8(3,10)4-5-9/h7,10H,4-6,9H2,1-3H3. The van der Waals surface area contributed by atoms with Crippen molar-refractivity contribution in [1.29, 1.82) is 0 Å². The van der Waals surface area contributed by atoms with Gasteiger partial charge >= 0.3 is 0 Å².